The Hall–Kier alpha value is -2.10. The van der Waals surface area contributed by atoms with Crippen LogP contribution in [0.4, 0.5) is 5.69 Å². The van der Waals surface area contributed by atoms with Gasteiger partial charge < -0.3 is 10.0 Å². The van der Waals surface area contributed by atoms with Gasteiger partial charge >= 0.3 is 5.97 Å². The molecule has 0 bridgehead atoms. The molecule has 2 heterocycles. The smallest absolute Gasteiger partial charge is 0.329 e. The topological polar surface area (TPSA) is 53.4 Å². The first-order chi connectivity index (χ1) is 9.13. The van der Waals surface area contributed by atoms with E-state index >= 15 is 0 Å². The summed E-state index contributed by atoms with van der Waals surface area (Å²) in [4.78, 5) is 17.9. The van der Waals surface area contributed by atoms with E-state index in [1.807, 2.05) is 35.2 Å². The highest BCUT2D eigenvalue weighted by Gasteiger charge is 2.43. The van der Waals surface area contributed by atoms with Crippen molar-refractivity contribution < 1.29 is 9.90 Å². The number of carboxylic acid groups (broad SMARTS) is 1. The van der Waals surface area contributed by atoms with E-state index in [9.17, 15) is 9.90 Å². The van der Waals surface area contributed by atoms with Crippen LogP contribution in [0.15, 0.2) is 36.5 Å². The molecule has 4 nitrogen and oxygen atoms in total. The molecule has 2 aromatic rings. The van der Waals surface area contributed by atoms with E-state index < -0.39 is 11.5 Å². The summed E-state index contributed by atoms with van der Waals surface area (Å²) >= 11 is 0. The number of benzene rings is 1. The second kappa shape index (κ2) is 4.23. The SMILES string of the molecule is CC1(C(=O)O)CCCN1c1ccnc2ccccc12. The third-order valence-corrected chi connectivity index (χ3v) is 4.02. The zero-order chi connectivity index (χ0) is 13.5. The summed E-state index contributed by atoms with van der Waals surface area (Å²) in [5, 5.41) is 10.5. The number of pyridine rings is 1. The number of rotatable bonds is 2. The number of para-hydroxylation sites is 1. The summed E-state index contributed by atoms with van der Waals surface area (Å²) in [5.41, 5.74) is 1.05. The molecule has 1 aromatic heterocycles. The molecule has 1 aliphatic rings. The average molecular weight is 256 g/mol. The van der Waals surface area contributed by atoms with Crippen LogP contribution in [0, 0.1) is 0 Å². The van der Waals surface area contributed by atoms with Crippen LogP contribution < -0.4 is 4.90 Å². The Kier molecular flexibility index (Phi) is 2.66. The van der Waals surface area contributed by atoms with Crippen molar-refractivity contribution in [3.8, 4) is 0 Å². The maximum atomic E-state index is 11.6. The molecule has 0 amide bonds. The highest BCUT2D eigenvalue weighted by Crippen LogP contribution is 2.37. The Labute approximate surface area is 111 Å². The van der Waals surface area contributed by atoms with E-state index in [2.05, 4.69) is 4.98 Å². The van der Waals surface area contributed by atoms with Gasteiger partial charge in [0.15, 0.2) is 0 Å². The van der Waals surface area contributed by atoms with Gasteiger partial charge in [-0.15, -0.1) is 0 Å². The zero-order valence-corrected chi connectivity index (χ0v) is 10.8. The van der Waals surface area contributed by atoms with Gasteiger partial charge in [0.25, 0.3) is 0 Å². The van der Waals surface area contributed by atoms with Gasteiger partial charge in [-0.25, -0.2) is 4.79 Å². The summed E-state index contributed by atoms with van der Waals surface area (Å²) in [6.45, 7) is 2.58. The van der Waals surface area contributed by atoms with Gasteiger partial charge in [0.2, 0.25) is 0 Å². The van der Waals surface area contributed by atoms with Crippen molar-refractivity contribution in [3.05, 3.63) is 36.5 Å². The van der Waals surface area contributed by atoms with Crippen LogP contribution in [0.5, 0.6) is 0 Å². The summed E-state index contributed by atoms with van der Waals surface area (Å²) in [5.74, 6) is -0.758. The maximum Gasteiger partial charge on any atom is 0.329 e. The van der Waals surface area contributed by atoms with Gasteiger partial charge in [-0.1, -0.05) is 18.2 Å². The molecule has 3 rings (SSSR count). The number of aromatic nitrogens is 1. The third-order valence-electron chi connectivity index (χ3n) is 4.02. The molecule has 1 fully saturated rings. The lowest BCUT2D eigenvalue weighted by molar-refractivity contribution is -0.142. The molecule has 1 atom stereocenters. The van der Waals surface area contributed by atoms with Gasteiger partial charge in [0, 0.05) is 23.8 Å². The lowest BCUT2D eigenvalue weighted by Gasteiger charge is -2.33. The van der Waals surface area contributed by atoms with Crippen LogP contribution in [-0.4, -0.2) is 28.1 Å². The molecule has 1 aliphatic heterocycles. The second-order valence-corrected chi connectivity index (χ2v) is 5.18. The van der Waals surface area contributed by atoms with Crippen molar-refractivity contribution in [2.75, 3.05) is 11.4 Å². The van der Waals surface area contributed by atoms with Crippen LogP contribution >= 0.6 is 0 Å². The molecule has 0 spiro atoms. The summed E-state index contributed by atoms with van der Waals surface area (Å²) in [6.07, 6.45) is 3.33. The van der Waals surface area contributed by atoms with Crippen molar-refractivity contribution in [1.82, 2.24) is 4.98 Å². The normalized spacial score (nSPS) is 22.9. The Bertz CT molecular complexity index is 636. The van der Waals surface area contributed by atoms with E-state index in [4.69, 9.17) is 0 Å². The Balaban J connectivity index is 2.17. The molecule has 1 N–H and O–H groups in total. The van der Waals surface area contributed by atoms with Crippen molar-refractivity contribution in [2.45, 2.75) is 25.3 Å². The van der Waals surface area contributed by atoms with Crippen LogP contribution in [0.3, 0.4) is 0 Å². The number of hydrogen-bond acceptors (Lipinski definition) is 3. The zero-order valence-electron chi connectivity index (χ0n) is 10.8. The third kappa shape index (κ3) is 1.75. The van der Waals surface area contributed by atoms with Crippen LogP contribution in [-0.2, 0) is 4.79 Å². The van der Waals surface area contributed by atoms with Gasteiger partial charge in [0.1, 0.15) is 5.54 Å². The number of aliphatic carboxylic acids is 1. The van der Waals surface area contributed by atoms with Crippen LogP contribution in [0.2, 0.25) is 0 Å². The van der Waals surface area contributed by atoms with Crippen molar-refractivity contribution in [1.29, 1.82) is 0 Å². The van der Waals surface area contributed by atoms with Gasteiger partial charge in [-0.3, -0.25) is 4.98 Å². The number of nitrogens with zero attached hydrogens (tertiary/aromatic N) is 2. The molecule has 4 heteroatoms. The fourth-order valence-corrected chi connectivity index (χ4v) is 2.89. The number of anilines is 1. The predicted molar refractivity (Wildman–Crippen MR) is 74.4 cm³/mol. The molecule has 98 valence electrons. The monoisotopic (exact) mass is 256 g/mol. The van der Waals surface area contributed by atoms with Crippen LogP contribution in [0.1, 0.15) is 19.8 Å². The Morgan fingerprint density at radius 1 is 1.37 bits per heavy atom. The van der Waals surface area contributed by atoms with Crippen LogP contribution in [0.25, 0.3) is 10.9 Å². The Morgan fingerprint density at radius 3 is 2.95 bits per heavy atom. The first kappa shape index (κ1) is 12.0. The number of fused-ring (bicyclic) bond motifs is 1. The molecule has 1 saturated heterocycles. The fraction of sp³-hybridized carbons (Fsp3) is 0.333. The number of hydrogen-bond donors (Lipinski definition) is 1. The van der Waals surface area contributed by atoms with Gasteiger partial charge in [0.05, 0.1) is 5.52 Å². The van der Waals surface area contributed by atoms with E-state index in [1.54, 1.807) is 13.1 Å². The van der Waals surface area contributed by atoms with Gasteiger partial charge in [-0.05, 0) is 31.9 Å². The first-order valence-electron chi connectivity index (χ1n) is 6.48. The summed E-state index contributed by atoms with van der Waals surface area (Å²) in [6, 6.07) is 9.77. The molecule has 0 aliphatic carbocycles. The van der Waals surface area contributed by atoms with Crippen molar-refractivity contribution >= 4 is 22.6 Å². The van der Waals surface area contributed by atoms with Crippen molar-refractivity contribution in [3.63, 3.8) is 0 Å². The minimum atomic E-state index is -0.815. The summed E-state index contributed by atoms with van der Waals surface area (Å²) < 4.78 is 0. The number of carboxylic acids is 1. The Morgan fingerprint density at radius 2 is 2.16 bits per heavy atom. The van der Waals surface area contributed by atoms with E-state index in [-0.39, 0.29) is 0 Å². The minimum absolute atomic E-state index is 0.680. The molecule has 1 unspecified atom stereocenters. The molecular formula is C15H16N2O2. The highest BCUT2D eigenvalue weighted by molar-refractivity contribution is 5.95. The molecule has 0 radical (unpaired) electrons. The minimum Gasteiger partial charge on any atom is -0.480 e. The van der Waals surface area contributed by atoms with E-state index in [1.165, 1.54) is 0 Å². The molecule has 1 aromatic carbocycles. The lowest BCUT2D eigenvalue weighted by atomic mass is 9.98. The fourth-order valence-electron chi connectivity index (χ4n) is 2.89. The highest BCUT2D eigenvalue weighted by atomic mass is 16.4. The van der Waals surface area contributed by atoms with Gasteiger partial charge in [-0.2, -0.15) is 0 Å². The molecule has 0 saturated carbocycles. The first-order valence-corrected chi connectivity index (χ1v) is 6.48. The standard InChI is InChI=1S/C15H16N2O2/c1-15(14(18)19)8-4-10-17(15)13-7-9-16-12-6-3-2-5-11(12)13/h2-3,5-7,9H,4,8,10H2,1H3,(H,18,19). The average Bonchev–Trinajstić information content (AvgIpc) is 2.81. The second-order valence-electron chi connectivity index (χ2n) is 5.18. The van der Waals surface area contributed by atoms with E-state index in [0.717, 1.165) is 29.6 Å². The predicted octanol–water partition coefficient (Wildman–Crippen LogP) is 2.68. The molecule has 19 heavy (non-hydrogen) atoms. The van der Waals surface area contributed by atoms with Crippen molar-refractivity contribution in [2.24, 2.45) is 0 Å². The molecular weight excluding hydrogens is 240 g/mol. The summed E-state index contributed by atoms with van der Waals surface area (Å²) in [7, 11) is 0. The quantitative estimate of drug-likeness (QED) is 0.897. The maximum absolute atomic E-state index is 11.6. The largest absolute Gasteiger partial charge is 0.480 e. The number of carbonyl (C=O) groups is 1. The lowest BCUT2D eigenvalue weighted by Crippen LogP contribution is -2.48. The van der Waals surface area contributed by atoms with E-state index in [0.29, 0.717) is 6.42 Å².